The molecule has 2 rings (SSSR count). The lowest BCUT2D eigenvalue weighted by Crippen LogP contribution is -2.31. The molecular weight excluding hydrogens is 253 g/mol. The second-order valence-corrected chi connectivity index (χ2v) is 5.65. The Hall–Kier alpha value is -0.400. The molecule has 94 valence electrons. The molecule has 1 fully saturated rings. The van der Waals surface area contributed by atoms with Crippen molar-refractivity contribution in [1.29, 1.82) is 0 Å². The molecule has 0 spiro atoms. The Kier molecular flexibility index (Phi) is 4.58. The zero-order valence-electron chi connectivity index (χ0n) is 10.2. The fourth-order valence-electron chi connectivity index (χ4n) is 2.69. The quantitative estimate of drug-likeness (QED) is 0.779. The van der Waals surface area contributed by atoms with Crippen molar-refractivity contribution >= 4 is 28.9 Å². The highest BCUT2D eigenvalue weighted by Crippen LogP contribution is 2.31. The van der Waals surface area contributed by atoms with E-state index in [4.69, 9.17) is 23.2 Å². The van der Waals surface area contributed by atoms with Crippen LogP contribution in [-0.2, 0) is 0 Å². The fourth-order valence-corrected chi connectivity index (χ4v) is 2.98. The number of rotatable bonds is 3. The Bertz CT molecular complexity index is 378. The summed E-state index contributed by atoms with van der Waals surface area (Å²) in [6.07, 6.45) is 6.56. The highest BCUT2D eigenvalue weighted by Gasteiger charge is 2.23. The summed E-state index contributed by atoms with van der Waals surface area (Å²) in [5.74, 6) is 0.790. The van der Waals surface area contributed by atoms with Gasteiger partial charge in [0.2, 0.25) is 0 Å². The van der Waals surface area contributed by atoms with Gasteiger partial charge in [-0.1, -0.05) is 49.4 Å². The minimum absolute atomic E-state index is 0.589. The van der Waals surface area contributed by atoms with Gasteiger partial charge in [-0.25, -0.2) is 0 Å². The number of benzene rings is 1. The molecule has 0 saturated heterocycles. The Morgan fingerprint density at radius 2 is 1.94 bits per heavy atom. The van der Waals surface area contributed by atoms with Crippen LogP contribution in [0.1, 0.15) is 39.0 Å². The molecule has 3 heteroatoms. The molecule has 1 aromatic rings. The Labute approximate surface area is 114 Å². The standard InChI is InChI=1S/C14H19Cl2N/c1-2-10-5-3-4-6-14(10)17-11-7-8-12(15)13(16)9-11/h7-10,14,17H,2-6H2,1H3. The van der Waals surface area contributed by atoms with E-state index in [0.717, 1.165) is 11.6 Å². The summed E-state index contributed by atoms with van der Waals surface area (Å²) in [7, 11) is 0. The number of halogens is 2. The third kappa shape index (κ3) is 3.29. The maximum Gasteiger partial charge on any atom is 0.0612 e. The zero-order chi connectivity index (χ0) is 12.3. The molecule has 1 aliphatic rings. The van der Waals surface area contributed by atoms with E-state index < -0.39 is 0 Å². The molecule has 1 N–H and O–H groups in total. The molecular formula is C14H19Cl2N. The van der Waals surface area contributed by atoms with Gasteiger partial charge >= 0.3 is 0 Å². The number of nitrogens with one attached hydrogen (secondary N) is 1. The third-order valence-electron chi connectivity index (χ3n) is 3.71. The van der Waals surface area contributed by atoms with E-state index in [1.165, 1.54) is 32.1 Å². The highest BCUT2D eigenvalue weighted by molar-refractivity contribution is 6.42. The van der Waals surface area contributed by atoms with Crippen LogP contribution in [-0.4, -0.2) is 6.04 Å². The molecule has 0 radical (unpaired) electrons. The van der Waals surface area contributed by atoms with E-state index >= 15 is 0 Å². The monoisotopic (exact) mass is 271 g/mol. The summed E-state index contributed by atoms with van der Waals surface area (Å²) in [6, 6.07) is 6.38. The summed E-state index contributed by atoms with van der Waals surface area (Å²) in [6.45, 7) is 2.28. The van der Waals surface area contributed by atoms with Crippen LogP contribution >= 0.6 is 23.2 Å². The van der Waals surface area contributed by atoms with Crippen LogP contribution in [0.5, 0.6) is 0 Å². The van der Waals surface area contributed by atoms with Gasteiger partial charge in [0.05, 0.1) is 10.0 Å². The zero-order valence-corrected chi connectivity index (χ0v) is 11.7. The fraction of sp³-hybridized carbons (Fsp3) is 0.571. The lowest BCUT2D eigenvalue weighted by Gasteiger charge is -2.32. The predicted molar refractivity (Wildman–Crippen MR) is 76.1 cm³/mol. The summed E-state index contributed by atoms with van der Waals surface area (Å²) in [4.78, 5) is 0. The van der Waals surface area contributed by atoms with Crippen LogP contribution in [0.25, 0.3) is 0 Å². The van der Waals surface area contributed by atoms with Crippen molar-refractivity contribution in [3.05, 3.63) is 28.2 Å². The lowest BCUT2D eigenvalue weighted by molar-refractivity contribution is 0.317. The first-order valence-corrected chi connectivity index (χ1v) is 7.18. The minimum atomic E-state index is 0.589. The molecule has 1 nitrogen and oxygen atoms in total. The first-order chi connectivity index (χ1) is 8.20. The highest BCUT2D eigenvalue weighted by atomic mass is 35.5. The lowest BCUT2D eigenvalue weighted by atomic mass is 9.83. The average molecular weight is 272 g/mol. The Balaban J connectivity index is 2.05. The van der Waals surface area contributed by atoms with E-state index in [2.05, 4.69) is 12.2 Å². The van der Waals surface area contributed by atoms with Gasteiger partial charge in [-0.2, -0.15) is 0 Å². The summed E-state index contributed by atoms with van der Waals surface area (Å²) in [5, 5.41) is 4.85. The second-order valence-electron chi connectivity index (χ2n) is 4.83. The maximum absolute atomic E-state index is 6.03. The summed E-state index contributed by atoms with van der Waals surface area (Å²) < 4.78 is 0. The van der Waals surface area contributed by atoms with Gasteiger partial charge in [0.25, 0.3) is 0 Å². The van der Waals surface area contributed by atoms with E-state index in [-0.39, 0.29) is 0 Å². The Morgan fingerprint density at radius 3 is 2.65 bits per heavy atom. The molecule has 2 atom stereocenters. The van der Waals surface area contributed by atoms with Crippen molar-refractivity contribution in [3.8, 4) is 0 Å². The van der Waals surface area contributed by atoms with Crippen molar-refractivity contribution < 1.29 is 0 Å². The van der Waals surface area contributed by atoms with Gasteiger partial charge in [0.15, 0.2) is 0 Å². The van der Waals surface area contributed by atoms with Gasteiger partial charge in [-0.3, -0.25) is 0 Å². The van der Waals surface area contributed by atoms with Gasteiger partial charge in [0, 0.05) is 11.7 Å². The van der Waals surface area contributed by atoms with Gasteiger partial charge in [-0.05, 0) is 37.0 Å². The molecule has 1 aromatic carbocycles. The number of hydrogen-bond donors (Lipinski definition) is 1. The first-order valence-electron chi connectivity index (χ1n) is 6.42. The molecule has 0 heterocycles. The molecule has 1 saturated carbocycles. The first kappa shape index (κ1) is 13.0. The van der Waals surface area contributed by atoms with Crippen LogP contribution in [0.4, 0.5) is 5.69 Å². The number of hydrogen-bond acceptors (Lipinski definition) is 1. The van der Waals surface area contributed by atoms with Crippen LogP contribution in [0, 0.1) is 5.92 Å². The van der Waals surface area contributed by atoms with Crippen LogP contribution < -0.4 is 5.32 Å². The summed E-state index contributed by atoms with van der Waals surface area (Å²) >= 11 is 11.9. The molecule has 1 aliphatic carbocycles. The van der Waals surface area contributed by atoms with Crippen molar-refractivity contribution in [1.82, 2.24) is 0 Å². The SMILES string of the molecule is CCC1CCCCC1Nc1ccc(Cl)c(Cl)c1. The largest absolute Gasteiger partial charge is 0.382 e. The molecule has 17 heavy (non-hydrogen) atoms. The van der Waals surface area contributed by atoms with Gasteiger partial charge < -0.3 is 5.32 Å². The second kappa shape index (κ2) is 5.97. The summed E-state index contributed by atoms with van der Waals surface area (Å²) in [5.41, 5.74) is 1.09. The number of anilines is 1. The van der Waals surface area contributed by atoms with Crippen LogP contribution in [0.3, 0.4) is 0 Å². The minimum Gasteiger partial charge on any atom is -0.382 e. The normalized spacial score (nSPS) is 24.6. The maximum atomic E-state index is 6.03. The molecule has 0 aliphatic heterocycles. The van der Waals surface area contributed by atoms with Crippen LogP contribution in [0.2, 0.25) is 10.0 Å². The van der Waals surface area contributed by atoms with Crippen LogP contribution in [0.15, 0.2) is 18.2 Å². The third-order valence-corrected chi connectivity index (χ3v) is 4.44. The van der Waals surface area contributed by atoms with E-state index in [1.807, 2.05) is 18.2 Å². The van der Waals surface area contributed by atoms with Crippen molar-refractivity contribution in [2.45, 2.75) is 45.1 Å². The molecule has 0 amide bonds. The average Bonchev–Trinajstić information content (AvgIpc) is 2.34. The van der Waals surface area contributed by atoms with E-state index in [1.54, 1.807) is 0 Å². The van der Waals surface area contributed by atoms with Crippen molar-refractivity contribution in [2.24, 2.45) is 5.92 Å². The van der Waals surface area contributed by atoms with E-state index in [9.17, 15) is 0 Å². The molecule has 0 aromatic heterocycles. The Morgan fingerprint density at radius 1 is 1.18 bits per heavy atom. The van der Waals surface area contributed by atoms with Crippen molar-refractivity contribution in [2.75, 3.05) is 5.32 Å². The predicted octanol–water partition coefficient (Wildman–Crippen LogP) is 5.37. The topological polar surface area (TPSA) is 12.0 Å². The van der Waals surface area contributed by atoms with Crippen molar-refractivity contribution in [3.63, 3.8) is 0 Å². The van der Waals surface area contributed by atoms with Gasteiger partial charge in [-0.15, -0.1) is 0 Å². The smallest absolute Gasteiger partial charge is 0.0612 e. The molecule has 2 unspecified atom stereocenters. The van der Waals surface area contributed by atoms with Gasteiger partial charge in [0.1, 0.15) is 0 Å². The van der Waals surface area contributed by atoms with E-state index in [0.29, 0.717) is 16.1 Å². The molecule has 0 bridgehead atoms.